The molecule has 1 amide bonds. The fourth-order valence-electron chi connectivity index (χ4n) is 2.81. The van der Waals surface area contributed by atoms with E-state index in [0.29, 0.717) is 29.7 Å². The minimum atomic E-state index is -0.629. The first-order valence-electron chi connectivity index (χ1n) is 9.28. The van der Waals surface area contributed by atoms with Gasteiger partial charge in [-0.15, -0.1) is 0 Å². The lowest BCUT2D eigenvalue weighted by Gasteiger charge is -2.28. The Hall–Kier alpha value is -2.77. The zero-order valence-electron chi connectivity index (χ0n) is 16.2. The zero-order chi connectivity index (χ0) is 20.6. The molecule has 0 aromatic heterocycles. The van der Waals surface area contributed by atoms with Gasteiger partial charge in [-0.2, -0.15) is 0 Å². The molecule has 2 aromatic rings. The first kappa shape index (κ1) is 21.0. The van der Waals surface area contributed by atoms with Crippen LogP contribution in [0.5, 0.6) is 5.75 Å². The van der Waals surface area contributed by atoms with Gasteiger partial charge in [-0.1, -0.05) is 11.6 Å². The highest BCUT2D eigenvalue weighted by Gasteiger charge is 2.12. The number of hydrogen-bond acceptors (Lipinski definition) is 6. The van der Waals surface area contributed by atoms with Gasteiger partial charge in [0.25, 0.3) is 5.91 Å². The van der Waals surface area contributed by atoms with Gasteiger partial charge >= 0.3 is 5.97 Å². The Bertz CT molecular complexity index is 851. The van der Waals surface area contributed by atoms with Crippen LogP contribution in [0.1, 0.15) is 5.56 Å². The number of nitrogens with zero attached hydrogens (tertiary/aromatic N) is 1. The number of rotatable bonds is 7. The van der Waals surface area contributed by atoms with Crippen LogP contribution in [0, 0.1) is 6.92 Å². The topological polar surface area (TPSA) is 77.1 Å². The van der Waals surface area contributed by atoms with Crippen molar-refractivity contribution in [2.45, 2.75) is 6.92 Å². The molecule has 0 atom stereocenters. The summed E-state index contributed by atoms with van der Waals surface area (Å²) in [6.07, 6.45) is 0. The number of anilines is 2. The molecule has 8 heteroatoms. The predicted molar refractivity (Wildman–Crippen MR) is 111 cm³/mol. The Morgan fingerprint density at radius 1 is 1.10 bits per heavy atom. The van der Waals surface area contributed by atoms with Gasteiger partial charge in [-0.3, -0.25) is 4.79 Å². The molecule has 0 saturated carbocycles. The van der Waals surface area contributed by atoms with E-state index in [9.17, 15) is 9.59 Å². The fraction of sp³-hybridized carbons (Fsp3) is 0.333. The fourth-order valence-corrected chi connectivity index (χ4v) is 2.93. The number of ether oxygens (including phenoxy) is 3. The first-order valence-corrected chi connectivity index (χ1v) is 9.66. The SMILES string of the molecule is Cc1cc(OCC(=O)OCC(=O)Nc2ccc(N3CCOCC3)cc2)ccc1Cl. The molecule has 1 aliphatic heterocycles. The molecule has 1 saturated heterocycles. The van der Waals surface area contributed by atoms with Gasteiger partial charge < -0.3 is 24.4 Å². The Morgan fingerprint density at radius 2 is 1.83 bits per heavy atom. The van der Waals surface area contributed by atoms with Crippen molar-refractivity contribution in [1.82, 2.24) is 0 Å². The quantitative estimate of drug-likeness (QED) is 0.696. The second kappa shape index (κ2) is 10.1. The molecule has 0 spiro atoms. The molecule has 0 aliphatic carbocycles. The Balaban J connectivity index is 1.39. The minimum Gasteiger partial charge on any atom is -0.482 e. The molecule has 0 radical (unpaired) electrons. The smallest absolute Gasteiger partial charge is 0.344 e. The van der Waals surface area contributed by atoms with Crippen molar-refractivity contribution < 1.29 is 23.8 Å². The van der Waals surface area contributed by atoms with Crippen molar-refractivity contribution >= 4 is 34.9 Å². The van der Waals surface area contributed by atoms with Gasteiger partial charge in [-0.25, -0.2) is 4.79 Å². The number of hydrogen-bond donors (Lipinski definition) is 1. The number of halogens is 1. The number of amides is 1. The molecule has 1 heterocycles. The number of nitrogens with one attached hydrogen (secondary N) is 1. The summed E-state index contributed by atoms with van der Waals surface area (Å²) in [6, 6.07) is 12.6. The number of esters is 1. The van der Waals surface area contributed by atoms with Gasteiger partial charge in [0.1, 0.15) is 5.75 Å². The van der Waals surface area contributed by atoms with E-state index in [1.54, 1.807) is 18.2 Å². The molecule has 7 nitrogen and oxygen atoms in total. The van der Waals surface area contributed by atoms with Crippen LogP contribution in [0.4, 0.5) is 11.4 Å². The number of morpholine rings is 1. The second-order valence-electron chi connectivity index (χ2n) is 6.55. The highest BCUT2D eigenvalue weighted by Crippen LogP contribution is 2.21. The largest absolute Gasteiger partial charge is 0.482 e. The Morgan fingerprint density at radius 3 is 2.52 bits per heavy atom. The molecule has 3 rings (SSSR count). The van der Waals surface area contributed by atoms with E-state index in [4.69, 9.17) is 25.8 Å². The third-order valence-corrected chi connectivity index (χ3v) is 4.80. The molecule has 0 bridgehead atoms. The number of carbonyl (C=O) groups excluding carboxylic acids is 2. The van der Waals surface area contributed by atoms with Gasteiger partial charge in [0.2, 0.25) is 0 Å². The zero-order valence-corrected chi connectivity index (χ0v) is 16.9. The summed E-state index contributed by atoms with van der Waals surface area (Å²) >= 11 is 5.94. The summed E-state index contributed by atoms with van der Waals surface area (Å²) in [5, 5.41) is 3.32. The molecular formula is C21H23ClN2O5. The molecule has 1 N–H and O–H groups in total. The van der Waals surface area contributed by atoms with E-state index in [-0.39, 0.29) is 13.2 Å². The third kappa shape index (κ3) is 6.37. The Labute approximate surface area is 174 Å². The maximum absolute atomic E-state index is 12.0. The monoisotopic (exact) mass is 418 g/mol. The van der Waals surface area contributed by atoms with Crippen LogP contribution in [0.3, 0.4) is 0 Å². The van der Waals surface area contributed by atoms with Crippen molar-refractivity contribution in [1.29, 1.82) is 0 Å². The van der Waals surface area contributed by atoms with E-state index in [1.165, 1.54) is 0 Å². The van der Waals surface area contributed by atoms with Crippen molar-refractivity contribution in [3.05, 3.63) is 53.1 Å². The van der Waals surface area contributed by atoms with Crippen molar-refractivity contribution in [3.8, 4) is 5.75 Å². The van der Waals surface area contributed by atoms with Crippen LogP contribution in [0.25, 0.3) is 0 Å². The van der Waals surface area contributed by atoms with Crippen LogP contribution >= 0.6 is 11.6 Å². The predicted octanol–water partition coefficient (Wildman–Crippen LogP) is 3.05. The standard InChI is InChI=1S/C21H23ClN2O5/c1-15-12-18(6-7-19(15)22)28-14-21(26)29-13-20(25)23-16-2-4-17(5-3-16)24-8-10-27-11-9-24/h2-7,12H,8-11,13-14H2,1H3,(H,23,25). The third-order valence-electron chi connectivity index (χ3n) is 4.38. The normalized spacial score (nSPS) is 13.7. The van der Waals surface area contributed by atoms with E-state index in [1.807, 2.05) is 31.2 Å². The highest BCUT2D eigenvalue weighted by atomic mass is 35.5. The molecule has 1 aliphatic rings. The van der Waals surface area contributed by atoms with Gasteiger partial charge in [0, 0.05) is 29.5 Å². The van der Waals surface area contributed by atoms with Crippen LogP contribution in [-0.4, -0.2) is 51.4 Å². The first-order chi connectivity index (χ1) is 14.0. The number of benzene rings is 2. The lowest BCUT2D eigenvalue weighted by Crippen LogP contribution is -2.36. The average Bonchev–Trinajstić information content (AvgIpc) is 2.74. The maximum atomic E-state index is 12.0. The van der Waals surface area contributed by atoms with E-state index in [2.05, 4.69) is 10.2 Å². The second-order valence-corrected chi connectivity index (χ2v) is 6.96. The van der Waals surface area contributed by atoms with Crippen LogP contribution in [-0.2, 0) is 19.1 Å². The number of carbonyl (C=O) groups is 2. The van der Waals surface area contributed by atoms with Gasteiger partial charge in [0.15, 0.2) is 13.2 Å². The maximum Gasteiger partial charge on any atom is 0.344 e. The summed E-state index contributed by atoms with van der Waals surface area (Å²) in [5.74, 6) is -0.538. The van der Waals surface area contributed by atoms with Crippen molar-refractivity contribution in [2.75, 3.05) is 49.7 Å². The summed E-state index contributed by atoms with van der Waals surface area (Å²) in [5.41, 5.74) is 2.56. The number of aryl methyl sites for hydroxylation is 1. The van der Waals surface area contributed by atoms with E-state index in [0.717, 1.165) is 24.3 Å². The van der Waals surface area contributed by atoms with E-state index >= 15 is 0 Å². The van der Waals surface area contributed by atoms with Gasteiger partial charge in [0.05, 0.1) is 13.2 Å². The van der Waals surface area contributed by atoms with E-state index < -0.39 is 11.9 Å². The summed E-state index contributed by atoms with van der Waals surface area (Å²) < 4.78 is 15.6. The molecular weight excluding hydrogens is 396 g/mol. The molecule has 2 aromatic carbocycles. The minimum absolute atomic E-state index is 0.289. The van der Waals surface area contributed by atoms with Crippen molar-refractivity contribution in [3.63, 3.8) is 0 Å². The van der Waals surface area contributed by atoms with Crippen LogP contribution in [0.15, 0.2) is 42.5 Å². The molecule has 29 heavy (non-hydrogen) atoms. The van der Waals surface area contributed by atoms with Crippen molar-refractivity contribution in [2.24, 2.45) is 0 Å². The molecule has 154 valence electrons. The molecule has 1 fully saturated rings. The summed E-state index contributed by atoms with van der Waals surface area (Å²) in [7, 11) is 0. The summed E-state index contributed by atoms with van der Waals surface area (Å²) in [4.78, 5) is 26.0. The highest BCUT2D eigenvalue weighted by molar-refractivity contribution is 6.31. The van der Waals surface area contributed by atoms with Gasteiger partial charge in [-0.05, 0) is 55.0 Å². The molecule has 0 unspecified atom stereocenters. The Kier molecular flexibility index (Phi) is 7.32. The lowest BCUT2D eigenvalue weighted by molar-refractivity contribution is -0.149. The summed E-state index contributed by atoms with van der Waals surface area (Å²) in [6.45, 7) is 4.29. The van der Waals surface area contributed by atoms with Crippen LogP contribution in [0.2, 0.25) is 5.02 Å². The van der Waals surface area contributed by atoms with Crippen LogP contribution < -0.4 is 15.0 Å². The lowest BCUT2D eigenvalue weighted by atomic mass is 10.2. The average molecular weight is 419 g/mol.